The summed E-state index contributed by atoms with van der Waals surface area (Å²) in [6.45, 7) is 0.275. The summed E-state index contributed by atoms with van der Waals surface area (Å²) in [5.74, 6) is 0.435. The zero-order valence-electron chi connectivity index (χ0n) is 18.4. The van der Waals surface area contributed by atoms with Crippen molar-refractivity contribution in [3.63, 3.8) is 0 Å². The first-order chi connectivity index (χ1) is 16.6. The van der Waals surface area contributed by atoms with E-state index in [0.717, 1.165) is 28.6 Å². The minimum absolute atomic E-state index is 0.102. The van der Waals surface area contributed by atoms with Crippen molar-refractivity contribution in [2.45, 2.75) is 6.18 Å². The lowest BCUT2D eigenvalue weighted by Gasteiger charge is -2.09. The zero-order chi connectivity index (χ0) is 25.8. The van der Waals surface area contributed by atoms with Gasteiger partial charge in [0.25, 0.3) is 6.47 Å². The standard InChI is InChI=1S/C16H14FN3O2.C8H4ClF3O/c1-18-16-6-12-13(8-20(2)15(12)7-19-16)11-4-3-10(22-9-21)5-14(11)17;9-7-3-1-2-6(5(7)4-13)8(10,11)12/h3-9H,1-2H3,(H,18,19);1-4H. The molecule has 1 N–H and O–H groups in total. The van der Waals surface area contributed by atoms with Crippen molar-refractivity contribution in [1.82, 2.24) is 9.55 Å². The second-order valence-electron chi connectivity index (χ2n) is 7.16. The van der Waals surface area contributed by atoms with Crippen LogP contribution in [-0.4, -0.2) is 29.4 Å². The third kappa shape index (κ3) is 5.60. The molecule has 0 aliphatic rings. The zero-order valence-corrected chi connectivity index (χ0v) is 19.1. The van der Waals surface area contributed by atoms with Crippen LogP contribution < -0.4 is 10.1 Å². The van der Waals surface area contributed by atoms with Gasteiger partial charge in [0.15, 0.2) is 6.29 Å². The van der Waals surface area contributed by atoms with Crippen LogP contribution in [-0.2, 0) is 18.0 Å². The molecule has 6 nitrogen and oxygen atoms in total. The van der Waals surface area contributed by atoms with E-state index in [1.165, 1.54) is 12.1 Å². The SMILES string of the molecule is CNc1cc2c(-c3ccc(OC=O)cc3F)cn(C)c2cn1.O=Cc1c(Cl)cccc1C(F)(F)F. The Labute approximate surface area is 202 Å². The summed E-state index contributed by atoms with van der Waals surface area (Å²) in [5.41, 5.74) is 0.580. The van der Waals surface area contributed by atoms with Gasteiger partial charge in [0.2, 0.25) is 0 Å². The number of carbonyl (C=O) groups excluding carboxylic acids is 2. The third-order valence-electron chi connectivity index (χ3n) is 5.02. The van der Waals surface area contributed by atoms with E-state index in [9.17, 15) is 27.2 Å². The Kier molecular flexibility index (Phi) is 7.75. The maximum atomic E-state index is 14.3. The molecule has 0 unspecified atom stereocenters. The van der Waals surface area contributed by atoms with E-state index in [2.05, 4.69) is 15.0 Å². The lowest BCUT2D eigenvalue weighted by Crippen LogP contribution is -2.08. The molecule has 4 rings (SSSR count). The summed E-state index contributed by atoms with van der Waals surface area (Å²) >= 11 is 5.40. The highest BCUT2D eigenvalue weighted by Gasteiger charge is 2.33. The Balaban J connectivity index is 0.000000225. The van der Waals surface area contributed by atoms with Crippen LogP contribution in [0, 0.1) is 5.82 Å². The van der Waals surface area contributed by atoms with Crippen molar-refractivity contribution in [3.05, 3.63) is 76.8 Å². The predicted molar refractivity (Wildman–Crippen MR) is 124 cm³/mol. The molecule has 0 radical (unpaired) electrons. The summed E-state index contributed by atoms with van der Waals surface area (Å²) in [5, 5.41) is 3.68. The number of rotatable bonds is 5. The predicted octanol–water partition coefficient (Wildman–Crippen LogP) is 6.13. The van der Waals surface area contributed by atoms with Gasteiger partial charge in [-0.25, -0.2) is 9.37 Å². The molecule has 0 spiro atoms. The molecule has 0 saturated heterocycles. The third-order valence-corrected chi connectivity index (χ3v) is 5.35. The second-order valence-corrected chi connectivity index (χ2v) is 7.57. The number of hydrogen-bond acceptors (Lipinski definition) is 5. The highest BCUT2D eigenvalue weighted by molar-refractivity contribution is 6.33. The van der Waals surface area contributed by atoms with Crippen molar-refractivity contribution in [1.29, 1.82) is 0 Å². The number of benzene rings is 2. The molecule has 2 heterocycles. The number of aromatic nitrogens is 2. The molecule has 2 aromatic carbocycles. The van der Waals surface area contributed by atoms with Crippen LogP contribution in [0.4, 0.5) is 23.4 Å². The number of alkyl halides is 3. The van der Waals surface area contributed by atoms with Crippen LogP contribution >= 0.6 is 11.6 Å². The molecule has 11 heteroatoms. The van der Waals surface area contributed by atoms with Gasteiger partial charge >= 0.3 is 6.18 Å². The van der Waals surface area contributed by atoms with E-state index in [0.29, 0.717) is 11.4 Å². The Morgan fingerprint density at radius 2 is 1.86 bits per heavy atom. The summed E-state index contributed by atoms with van der Waals surface area (Å²) in [4.78, 5) is 24.9. The average Bonchev–Trinajstić information content (AvgIpc) is 3.14. The summed E-state index contributed by atoms with van der Waals surface area (Å²) in [6.07, 6.45) is -0.844. The average molecular weight is 508 g/mol. The summed E-state index contributed by atoms with van der Waals surface area (Å²) < 4.78 is 57.5. The molecule has 0 saturated carbocycles. The van der Waals surface area contributed by atoms with Gasteiger partial charge in [-0.3, -0.25) is 9.59 Å². The van der Waals surface area contributed by atoms with E-state index < -0.39 is 23.1 Å². The molecular weight excluding hydrogens is 490 g/mol. The van der Waals surface area contributed by atoms with E-state index in [1.54, 1.807) is 25.4 Å². The lowest BCUT2D eigenvalue weighted by molar-refractivity contribution is -0.137. The van der Waals surface area contributed by atoms with Crippen molar-refractivity contribution in [3.8, 4) is 16.9 Å². The molecule has 35 heavy (non-hydrogen) atoms. The number of fused-ring (bicyclic) bond motifs is 1. The number of anilines is 1. The van der Waals surface area contributed by atoms with Crippen LogP contribution in [0.15, 0.2) is 54.9 Å². The maximum Gasteiger partial charge on any atom is 0.417 e. The van der Waals surface area contributed by atoms with Gasteiger partial charge in [0.05, 0.1) is 22.3 Å². The van der Waals surface area contributed by atoms with Gasteiger partial charge < -0.3 is 14.6 Å². The lowest BCUT2D eigenvalue weighted by atomic mass is 10.0. The van der Waals surface area contributed by atoms with Gasteiger partial charge in [-0.05, 0) is 30.3 Å². The quantitative estimate of drug-likeness (QED) is 0.260. The van der Waals surface area contributed by atoms with E-state index >= 15 is 0 Å². The minimum atomic E-state index is -4.54. The van der Waals surface area contributed by atoms with Crippen molar-refractivity contribution < 1.29 is 31.9 Å². The highest BCUT2D eigenvalue weighted by Crippen LogP contribution is 2.35. The number of pyridine rings is 1. The Hall–Kier alpha value is -3.92. The fourth-order valence-corrected chi connectivity index (χ4v) is 3.60. The van der Waals surface area contributed by atoms with Gasteiger partial charge in [0.1, 0.15) is 17.4 Å². The topological polar surface area (TPSA) is 73.2 Å². The number of hydrogen-bond donors (Lipinski definition) is 1. The van der Waals surface area contributed by atoms with Crippen molar-refractivity contribution in [2.75, 3.05) is 12.4 Å². The van der Waals surface area contributed by atoms with Crippen molar-refractivity contribution in [2.24, 2.45) is 7.05 Å². The number of aryl methyl sites for hydroxylation is 1. The number of nitrogens with one attached hydrogen (secondary N) is 1. The van der Waals surface area contributed by atoms with Gasteiger partial charge in [0, 0.05) is 48.4 Å². The normalized spacial score (nSPS) is 10.9. The molecule has 0 atom stereocenters. The Morgan fingerprint density at radius 3 is 2.43 bits per heavy atom. The van der Waals surface area contributed by atoms with Crippen LogP contribution in [0.2, 0.25) is 5.02 Å². The van der Waals surface area contributed by atoms with Crippen LogP contribution in [0.1, 0.15) is 15.9 Å². The molecule has 0 fully saturated rings. The van der Waals surface area contributed by atoms with E-state index in [1.807, 2.05) is 23.9 Å². The fraction of sp³-hybridized carbons (Fsp3) is 0.125. The summed E-state index contributed by atoms with van der Waals surface area (Å²) in [6, 6.07) is 9.44. The molecule has 0 amide bonds. The molecule has 4 aromatic rings. The monoisotopic (exact) mass is 507 g/mol. The van der Waals surface area contributed by atoms with Crippen LogP contribution in [0.25, 0.3) is 22.0 Å². The first-order valence-corrected chi connectivity index (χ1v) is 10.3. The second kappa shape index (κ2) is 10.6. The molecule has 0 aliphatic heterocycles. The number of halogens is 5. The molecule has 2 aromatic heterocycles. The van der Waals surface area contributed by atoms with Gasteiger partial charge in [-0.1, -0.05) is 17.7 Å². The van der Waals surface area contributed by atoms with E-state index in [-0.39, 0.29) is 23.5 Å². The summed E-state index contributed by atoms with van der Waals surface area (Å²) in [7, 11) is 3.66. The molecule has 0 bridgehead atoms. The highest BCUT2D eigenvalue weighted by atomic mass is 35.5. The van der Waals surface area contributed by atoms with Gasteiger partial charge in [-0.2, -0.15) is 13.2 Å². The van der Waals surface area contributed by atoms with Crippen LogP contribution in [0.5, 0.6) is 5.75 Å². The fourth-order valence-electron chi connectivity index (χ4n) is 3.38. The van der Waals surface area contributed by atoms with E-state index in [4.69, 9.17) is 11.6 Å². The molecule has 182 valence electrons. The van der Waals surface area contributed by atoms with Gasteiger partial charge in [-0.15, -0.1) is 0 Å². The first-order valence-electron chi connectivity index (χ1n) is 9.94. The molecular formula is C24H18ClF4N3O3. The Morgan fingerprint density at radius 1 is 1.11 bits per heavy atom. The largest absolute Gasteiger partial charge is 0.429 e. The number of ether oxygens (including phenoxy) is 1. The smallest absolute Gasteiger partial charge is 0.417 e. The number of aldehydes is 1. The van der Waals surface area contributed by atoms with Crippen LogP contribution in [0.3, 0.4) is 0 Å². The first kappa shape index (κ1) is 25.7. The number of carbonyl (C=O) groups is 2. The molecule has 0 aliphatic carbocycles. The minimum Gasteiger partial charge on any atom is -0.429 e. The number of nitrogens with zero attached hydrogens (tertiary/aromatic N) is 2. The van der Waals surface area contributed by atoms with Crippen molar-refractivity contribution >= 4 is 41.1 Å². The maximum absolute atomic E-state index is 14.3. The Bertz CT molecular complexity index is 1390.